The van der Waals surface area contributed by atoms with Crippen molar-refractivity contribution in [3.63, 3.8) is 0 Å². The quantitative estimate of drug-likeness (QED) is 0.897. The van der Waals surface area contributed by atoms with Gasteiger partial charge in [-0.3, -0.25) is 0 Å². The fraction of sp³-hybridized carbons (Fsp3) is 0.250. The minimum absolute atomic E-state index is 0.0767. The first-order valence-corrected chi connectivity index (χ1v) is 5.71. The molecule has 0 saturated carbocycles. The lowest BCUT2D eigenvalue weighted by atomic mass is 10.2. The number of aryl methyl sites for hydroxylation is 1. The molecule has 0 spiro atoms. The van der Waals surface area contributed by atoms with E-state index in [0.717, 1.165) is 24.6 Å². The van der Waals surface area contributed by atoms with Crippen LogP contribution in [-0.4, -0.2) is 26.1 Å². The molecule has 0 atom stereocenters. The van der Waals surface area contributed by atoms with Crippen molar-refractivity contribution in [1.29, 1.82) is 0 Å². The summed E-state index contributed by atoms with van der Waals surface area (Å²) in [5.74, 6) is -1.57. The van der Waals surface area contributed by atoms with Crippen LogP contribution in [0.25, 0.3) is 0 Å². The fourth-order valence-electron chi connectivity index (χ4n) is 1.56. The largest absolute Gasteiger partial charge is 0.478 e. The van der Waals surface area contributed by atoms with Crippen LogP contribution in [0.15, 0.2) is 24.4 Å². The molecule has 0 aliphatic heterocycles. The molecule has 1 heterocycles. The maximum Gasteiger partial charge on any atom is 0.339 e. The minimum Gasteiger partial charge on any atom is -0.478 e. The van der Waals surface area contributed by atoms with Gasteiger partial charge in [0.15, 0.2) is 0 Å². The number of ether oxygens (including phenoxy) is 1. The summed E-state index contributed by atoms with van der Waals surface area (Å²) in [5, 5.41) is 16.5. The maximum atomic E-state index is 13.2. The molecular formula is C12H12FN3O3. The summed E-state index contributed by atoms with van der Waals surface area (Å²) in [6.45, 7) is 2.53. The van der Waals surface area contributed by atoms with Crippen molar-refractivity contribution in [2.24, 2.45) is 0 Å². The predicted molar refractivity (Wildman–Crippen MR) is 63.7 cm³/mol. The van der Waals surface area contributed by atoms with Crippen molar-refractivity contribution in [3.05, 3.63) is 35.8 Å². The van der Waals surface area contributed by atoms with E-state index in [9.17, 15) is 9.18 Å². The number of nitrogens with zero attached hydrogens (tertiary/aromatic N) is 3. The van der Waals surface area contributed by atoms with Crippen LogP contribution >= 0.6 is 0 Å². The Morgan fingerprint density at radius 1 is 1.53 bits per heavy atom. The van der Waals surface area contributed by atoms with E-state index in [4.69, 9.17) is 9.84 Å². The van der Waals surface area contributed by atoms with Crippen molar-refractivity contribution in [3.8, 4) is 11.6 Å². The van der Waals surface area contributed by atoms with Gasteiger partial charge in [-0.05, 0) is 18.6 Å². The van der Waals surface area contributed by atoms with Crippen LogP contribution in [0.3, 0.4) is 0 Å². The summed E-state index contributed by atoms with van der Waals surface area (Å²) < 4.78 is 20.1. The molecule has 6 nitrogen and oxygen atoms in total. The molecule has 100 valence electrons. The summed E-state index contributed by atoms with van der Waals surface area (Å²) in [6.07, 6.45) is 2.17. The standard InChI is InChI=1S/C12H12FN3O3/c1-2-5-16-11(7-14-15-16)19-10-6-8(13)3-4-9(10)12(17)18/h3-4,6-7H,2,5H2,1H3,(H,17,18). The first kappa shape index (κ1) is 13.0. The number of rotatable bonds is 5. The molecule has 19 heavy (non-hydrogen) atoms. The second kappa shape index (κ2) is 5.47. The van der Waals surface area contributed by atoms with Gasteiger partial charge >= 0.3 is 5.97 Å². The molecule has 2 rings (SSSR count). The van der Waals surface area contributed by atoms with Gasteiger partial charge in [0.05, 0.1) is 0 Å². The van der Waals surface area contributed by atoms with Gasteiger partial charge in [0.1, 0.15) is 23.3 Å². The molecule has 7 heteroatoms. The molecule has 0 radical (unpaired) electrons. The molecule has 0 unspecified atom stereocenters. The molecule has 1 N–H and O–H groups in total. The Morgan fingerprint density at radius 3 is 3.00 bits per heavy atom. The Morgan fingerprint density at radius 2 is 2.32 bits per heavy atom. The average molecular weight is 265 g/mol. The highest BCUT2D eigenvalue weighted by molar-refractivity contribution is 5.90. The van der Waals surface area contributed by atoms with Crippen molar-refractivity contribution in [1.82, 2.24) is 15.0 Å². The molecule has 0 bridgehead atoms. The molecule has 0 amide bonds. The monoisotopic (exact) mass is 265 g/mol. The second-order valence-corrected chi connectivity index (χ2v) is 3.84. The maximum absolute atomic E-state index is 13.2. The van der Waals surface area contributed by atoms with Crippen LogP contribution in [0, 0.1) is 5.82 Å². The van der Waals surface area contributed by atoms with Crippen LogP contribution in [0.2, 0.25) is 0 Å². The summed E-state index contributed by atoms with van der Waals surface area (Å²) >= 11 is 0. The van der Waals surface area contributed by atoms with E-state index in [2.05, 4.69) is 10.3 Å². The summed E-state index contributed by atoms with van der Waals surface area (Å²) in [7, 11) is 0. The Kier molecular flexibility index (Phi) is 3.74. The lowest BCUT2D eigenvalue weighted by Gasteiger charge is -2.09. The number of carboxylic acid groups (broad SMARTS) is 1. The normalized spacial score (nSPS) is 10.4. The van der Waals surface area contributed by atoms with Crippen LogP contribution < -0.4 is 4.74 Å². The molecule has 0 aliphatic rings. The van der Waals surface area contributed by atoms with E-state index in [1.807, 2.05) is 6.92 Å². The highest BCUT2D eigenvalue weighted by atomic mass is 19.1. The second-order valence-electron chi connectivity index (χ2n) is 3.84. The zero-order valence-corrected chi connectivity index (χ0v) is 10.2. The first-order valence-electron chi connectivity index (χ1n) is 5.71. The predicted octanol–water partition coefficient (Wildman–Crippen LogP) is 2.32. The summed E-state index contributed by atoms with van der Waals surface area (Å²) in [5.41, 5.74) is -0.120. The lowest BCUT2D eigenvalue weighted by Crippen LogP contribution is -2.05. The van der Waals surface area contributed by atoms with Gasteiger partial charge in [0.25, 0.3) is 0 Å². The zero-order valence-electron chi connectivity index (χ0n) is 10.2. The Bertz CT molecular complexity index is 598. The highest BCUT2D eigenvalue weighted by Gasteiger charge is 2.15. The third-order valence-electron chi connectivity index (χ3n) is 2.41. The molecule has 1 aromatic heterocycles. The topological polar surface area (TPSA) is 77.2 Å². The summed E-state index contributed by atoms with van der Waals surface area (Å²) in [4.78, 5) is 11.0. The van der Waals surface area contributed by atoms with E-state index >= 15 is 0 Å². The van der Waals surface area contributed by atoms with Crippen LogP contribution in [0.5, 0.6) is 11.6 Å². The highest BCUT2D eigenvalue weighted by Crippen LogP contribution is 2.25. The van der Waals surface area contributed by atoms with Gasteiger partial charge in [-0.25, -0.2) is 13.9 Å². The molecular weight excluding hydrogens is 253 g/mol. The number of aromatic nitrogens is 3. The SMILES string of the molecule is CCCn1nncc1Oc1cc(F)ccc1C(=O)O. The molecule has 0 fully saturated rings. The lowest BCUT2D eigenvalue weighted by molar-refractivity contribution is 0.0694. The first-order chi connectivity index (χ1) is 9.11. The summed E-state index contributed by atoms with van der Waals surface area (Å²) in [6, 6.07) is 3.24. The minimum atomic E-state index is -1.19. The Balaban J connectivity index is 2.34. The van der Waals surface area contributed by atoms with E-state index in [1.165, 1.54) is 10.9 Å². The van der Waals surface area contributed by atoms with Gasteiger partial charge in [0, 0.05) is 12.6 Å². The number of aromatic carboxylic acids is 1. The number of halogens is 1. The van der Waals surface area contributed by atoms with Crippen LogP contribution in [0.1, 0.15) is 23.7 Å². The third-order valence-corrected chi connectivity index (χ3v) is 2.41. The Labute approximate surface area is 108 Å². The molecule has 0 saturated heterocycles. The van der Waals surface area contributed by atoms with E-state index in [1.54, 1.807) is 0 Å². The fourth-order valence-corrected chi connectivity index (χ4v) is 1.56. The van der Waals surface area contributed by atoms with E-state index < -0.39 is 11.8 Å². The van der Waals surface area contributed by atoms with Crippen molar-refractivity contribution in [2.45, 2.75) is 19.9 Å². The Hall–Kier alpha value is -2.44. The van der Waals surface area contributed by atoms with Crippen molar-refractivity contribution >= 4 is 5.97 Å². The van der Waals surface area contributed by atoms with Gasteiger partial charge in [-0.15, -0.1) is 5.10 Å². The number of carbonyl (C=O) groups is 1. The molecule has 1 aromatic carbocycles. The van der Waals surface area contributed by atoms with E-state index in [0.29, 0.717) is 6.54 Å². The number of hydrogen-bond donors (Lipinski definition) is 1. The molecule has 0 aliphatic carbocycles. The number of benzene rings is 1. The third kappa shape index (κ3) is 2.87. The number of hydrogen-bond acceptors (Lipinski definition) is 4. The van der Waals surface area contributed by atoms with Gasteiger partial charge in [0.2, 0.25) is 5.88 Å². The average Bonchev–Trinajstić information content (AvgIpc) is 2.77. The van der Waals surface area contributed by atoms with Gasteiger partial charge < -0.3 is 9.84 Å². The number of carboxylic acids is 1. The zero-order chi connectivity index (χ0) is 13.8. The van der Waals surface area contributed by atoms with Gasteiger partial charge in [-0.2, -0.15) is 0 Å². The smallest absolute Gasteiger partial charge is 0.339 e. The van der Waals surface area contributed by atoms with E-state index in [-0.39, 0.29) is 17.2 Å². The van der Waals surface area contributed by atoms with Gasteiger partial charge in [-0.1, -0.05) is 12.1 Å². The molecule has 2 aromatic rings. The van der Waals surface area contributed by atoms with Crippen LogP contribution in [-0.2, 0) is 6.54 Å². The van der Waals surface area contributed by atoms with Crippen molar-refractivity contribution in [2.75, 3.05) is 0 Å². The van der Waals surface area contributed by atoms with Crippen molar-refractivity contribution < 1.29 is 19.0 Å². The van der Waals surface area contributed by atoms with Crippen LogP contribution in [0.4, 0.5) is 4.39 Å².